The maximum absolute atomic E-state index is 15.4. The van der Waals surface area contributed by atoms with Crippen molar-refractivity contribution in [3.63, 3.8) is 0 Å². The Balaban J connectivity index is 0.00000182. The number of ketones is 2. The molecule has 9 aliphatic rings. The molecule has 4 bridgehead atoms. The molecular weight excluding hydrogens is 1630 g/mol. The molecule has 3 saturated heterocycles. The van der Waals surface area contributed by atoms with Gasteiger partial charge in [0.15, 0.2) is 36.2 Å². The van der Waals surface area contributed by atoms with Gasteiger partial charge in [-0.3, -0.25) is 24.0 Å². The molecule has 3 aliphatic heterocycles. The number of aliphatic hydroxyl groups excluding tert-OH is 1. The Bertz CT molecular complexity index is 3470. The largest absolute Gasteiger partial charge is 1.00 e. The molecule has 125 heavy (non-hydrogen) atoms. The number of hydrogen-bond donors (Lipinski definition) is 3. The molecule has 7 fully saturated rings. The van der Waals surface area contributed by atoms with E-state index < -0.39 is 165 Å². The number of carbonyl (C=O) groups is 7. The van der Waals surface area contributed by atoms with E-state index in [2.05, 4.69) is 94.7 Å². The molecule has 11 rings (SSSR count). The van der Waals surface area contributed by atoms with E-state index in [4.69, 9.17) is 46.4 Å². The van der Waals surface area contributed by atoms with Gasteiger partial charge >= 0.3 is 67.6 Å². The minimum absolute atomic E-state index is 0. The van der Waals surface area contributed by atoms with E-state index in [-0.39, 0.29) is 107 Å². The van der Waals surface area contributed by atoms with Crippen LogP contribution >= 0.6 is 0 Å². The van der Waals surface area contributed by atoms with Gasteiger partial charge in [-0.25, -0.2) is 9.59 Å². The molecule has 0 amide bonds. The first kappa shape index (κ1) is 121. The molecule has 706 valence electrons. The molecule has 4 saturated carbocycles. The standard InChI is InChI=1S/C36H52O9Si.C36H51O9Si.C7H18OSi.C4H8O.C4H10.C4H9.C3H6O2.C2H6.2CH4.2Li/c2*1-10-46(11-2,12-3)45-26-18-27-35(20-42-27,44-23(6)37)29-31(43-32(40)24-16-14-13-15-17-24)36(41)19-25(38)21(4)28(33(36,7)8)22(5)30(39)34(26,29)9;1-5-9(6-2,7-3)8-4;1-2-4-5-3-1;2*1-3-4-2;1-3(4)5-2;1-2;;;;/h13-17,22,25-27,29,31,38,41H,10-12,18-20H2,1-9H3;13-17,22,25-27,29,31,41H,10-12,18-20H2,1-9H3;5-7H2,1-4H3;1-4H2;3-4H2,1-2H3;1,3-4H2,2H3;1-2H3;1-2H3;2*1H4;;/q;-1;;;;-1;;;;;2*+1/t2*22-,25+,26+,27-,29+,31+,34-,35+,36-;;;;;;;;;;/m11........../s1. The number of ether oxygens (including phenoxy) is 8. The van der Waals surface area contributed by atoms with Crippen LogP contribution in [0.3, 0.4) is 0 Å². The first-order valence-corrected chi connectivity index (χ1v) is 53.2. The average Bonchev–Trinajstić information content (AvgIpc) is 0.745. The Kier molecular flexibility index (Phi) is 50.3. The smallest absolute Gasteiger partial charge is 0.849 e. The molecule has 0 radical (unpaired) electrons. The minimum atomic E-state index is -2.35. The summed E-state index contributed by atoms with van der Waals surface area (Å²) in [6.45, 7) is 57.7. The summed E-state index contributed by atoms with van der Waals surface area (Å²) in [4.78, 5) is 94.1. The van der Waals surface area contributed by atoms with Crippen LogP contribution in [0.4, 0.5) is 0 Å². The number of fused-ring (bicyclic) bond motifs is 10. The van der Waals surface area contributed by atoms with Gasteiger partial charge in [0, 0.05) is 83.0 Å². The monoisotopic (exact) mass is 1800 g/mol. The van der Waals surface area contributed by atoms with Crippen molar-refractivity contribution in [3.05, 3.63) is 101 Å². The second-order valence-electron chi connectivity index (χ2n) is 36.0. The van der Waals surface area contributed by atoms with Crippen LogP contribution in [0.2, 0.25) is 54.4 Å². The van der Waals surface area contributed by atoms with Crippen LogP contribution in [0, 0.1) is 52.3 Å². The van der Waals surface area contributed by atoms with Gasteiger partial charge in [0.2, 0.25) is 0 Å². The summed E-state index contributed by atoms with van der Waals surface area (Å²) in [6.07, 6.45) is -0.141. The summed E-state index contributed by atoms with van der Waals surface area (Å²) in [6, 6.07) is 25.8. The molecule has 0 aromatic heterocycles. The van der Waals surface area contributed by atoms with Crippen LogP contribution in [0.1, 0.15) is 287 Å². The summed E-state index contributed by atoms with van der Waals surface area (Å²) >= 11 is 0. The number of aliphatic hydroxyl groups is 3. The molecule has 22 nitrogen and oxygen atoms in total. The van der Waals surface area contributed by atoms with E-state index in [0.29, 0.717) is 35.1 Å². The van der Waals surface area contributed by atoms with Crippen molar-refractivity contribution in [1.29, 1.82) is 0 Å². The zero-order valence-electron chi connectivity index (χ0n) is 81.8. The fourth-order valence-electron chi connectivity index (χ4n) is 20.9. The van der Waals surface area contributed by atoms with Crippen LogP contribution in [0.25, 0.3) is 0 Å². The van der Waals surface area contributed by atoms with Gasteiger partial charge in [0.1, 0.15) is 47.2 Å². The zero-order valence-corrected chi connectivity index (χ0v) is 84.8. The van der Waals surface area contributed by atoms with Gasteiger partial charge in [0.25, 0.3) is 0 Å². The van der Waals surface area contributed by atoms with Crippen LogP contribution in [-0.4, -0.2) is 194 Å². The maximum Gasteiger partial charge on any atom is 1.00 e. The Morgan fingerprint density at radius 3 is 1.07 bits per heavy atom. The van der Waals surface area contributed by atoms with Crippen LogP contribution in [0.5, 0.6) is 0 Å². The normalized spacial score (nSPS) is 30.9. The number of hydrogen-bond acceptors (Lipinski definition) is 22. The third kappa shape index (κ3) is 24.9. The molecule has 0 unspecified atom stereocenters. The molecule has 18 atom stereocenters. The van der Waals surface area contributed by atoms with E-state index in [1.54, 1.807) is 67.6 Å². The molecule has 3 heterocycles. The predicted molar refractivity (Wildman–Crippen MR) is 494 cm³/mol. The fraction of sp³-hybridized carbons (Fsp3) is 0.755. The number of methoxy groups -OCH3 is 1. The second kappa shape index (κ2) is 51.9. The fourth-order valence-corrected chi connectivity index (χ4v) is 29.2. The predicted octanol–water partition coefficient (Wildman–Crippen LogP) is 13.5. The van der Waals surface area contributed by atoms with Gasteiger partial charge in [-0.2, -0.15) is 6.42 Å². The van der Waals surface area contributed by atoms with Gasteiger partial charge in [0.05, 0.1) is 72.4 Å². The molecule has 2 aromatic rings. The number of Topliss-reactive ketones (excluding diaryl/α,β-unsaturated/α-hetero) is 2. The summed E-state index contributed by atoms with van der Waals surface area (Å²) in [7, 11) is -2.66. The second-order valence-corrected chi connectivity index (χ2v) is 50.3. The first-order valence-electron chi connectivity index (χ1n) is 45.6. The Labute approximate surface area is 782 Å². The van der Waals surface area contributed by atoms with Crippen molar-refractivity contribution in [2.75, 3.05) is 40.6 Å². The molecular formula is C98H168Li2O22Si3. The van der Waals surface area contributed by atoms with Crippen molar-refractivity contribution in [3.8, 4) is 0 Å². The third-order valence-electron chi connectivity index (χ3n) is 29.4. The van der Waals surface area contributed by atoms with Gasteiger partial charge in [-0.15, -0.1) is 6.10 Å². The van der Waals surface area contributed by atoms with Crippen molar-refractivity contribution in [2.45, 2.75) is 392 Å². The van der Waals surface area contributed by atoms with Crippen molar-refractivity contribution in [2.24, 2.45) is 45.3 Å². The van der Waals surface area contributed by atoms with Crippen LogP contribution < -0.4 is 42.8 Å². The van der Waals surface area contributed by atoms with Gasteiger partial charge in [-0.1, -0.05) is 220 Å². The zero-order chi connectivity index (χ0) is 92.0. The topological polar surface area (TPSA) is 305 Å². The summed E-state index contributed by atoms with van der Waals surface area (Å²) in [5.74, 6) is -6.67. The van der Waals surface area contributed by atoms with Crippen LogP contribution in [0.15, 0.2) is 83.0 Å². The first-order chi connectivity index (χ1) is 56.8. The van der Waals surface area contributed by atoms with E-state index in [1.165, 1.54) is 78.1 Å². The summed E-state index contributed by atoms with van der Waals surface area (Å²) < 4.78 is 66.7. The van der Waals surface area contributed by atoms with E-state index >= 15 is 9.59 Å². The van der Waals surface area contributed by atoms with Crippen LogP contribution in [-0.2, 0) is 75.1 Å². The average molecular weight is 1800 g/mol. The molecule has 27 heteroatoms. The maximum atomic E-state index is 15.4. The minimum Gasteiger partial charge on any atom is -0.849 e. The number of carbonyl (C=O) groups excluding carboxylic acids is 7. The number of unbranched alkanes of at least 4 members (excludes halogenated alkanes) is 2. The molecule has 2 aromatic carbocycles. The number of rotatable bonds is 22. The Hall–Kier alpha value is -3.94. The van der Waals surface area contributed by atoms with Crippen molar-refractivity contribution < 1.29 is 143 Å². The molecule has 0 spiro atoms. The van der Waals surface area contributed by atoms with Crippen molar-refractivity contribution >= 4 is 66.4 Å². The quantitative estimate of drug-likeness (QED) is 0.0324. The SMILES string of the molecule is C.C.C1CCOC1.CC.CCCC.CC[Si](CC)(CC)OC.CC[Si](CC)(CC)O[C@H]1C[C@H]2OC[C@@]2(OC(C)=O)[C@H]2[C@H](OC(=O)c3ccccc3)[C@]3(O)C[C@H](O)C(C)=C([C@@H](C)C(=O)[C@]12C)C3(C)C.CC[Si](CC)(CC)O[C@H]1C[C@H]2OC[C@@]2(OC(C)=O)[C@H]2[C@H](OC(=O)c3ccccc3)[C@]3(O)C[C@H]([O-])C(C)=C([C@@H](C)C(=O)[C@]12C)C3(C)C.COC(C)=O.[CH2-]CCC.[Li+].[Li+]. The number of benzene rings is 2. The summed E-state index contributed by atoms with van der Waals surface area (Å²) in [5.41, 5.74) is -8.69. The van der Waals surface area contributed by atoms with E-state index in [9.17, 15) is 44.4 Å². The van der Waals surface area contributed by atoms with Gasteiger partial charge in [-0.05, 0) is 137 Å². The number of esters is 5. The van der Waals surface area contributed by atoms with E-state index in [1.807, 2.05) is 83.3 Å². The Morgan fingerprint density at radius 1 is 0.520 bits per heavy atom. The van der Waals surface area contributed by atoms with Gasteiger partial charge < -0.3 is 78.5 Å². The van der Waals surface area contributed by atoms with E-state index in [0.717, 1.165) is 55.9 Å². The Morgan fingerprint density at radius 2 is 0.832 bits per heavy atom. The summed E-state index contributed by atoms with van der Waals surface area (Å²) in [5, 5.41) is 51.6. The molecule has 3 N–H and O–H groups in total. The molecule has 6 aliphatic carbocycles. The third-order valence-corrected chi connectivity index (χ3v) is 43.4. The van der Waals surface area contributed by atoms with Crippen molar-refractivity contribution in [1.82, 2.24) is 0 Å².